The Morgan fingerprint density at radius 3 is 2.61 bits per heavy atom. The fraction of sp³-hybridized carbons (Fsp3) is 0.455. The van der Waals surface area contributed by atoms with Gasteiger partial charge in [-0.15, -0.1) is 0 Å². The van der Waals surface area contributed by atoms with Crippen molar-refractivity contribution in [2.45, 2.75) is 6.42 Å². The van der Waals surface area contributed by atoms with Crippen LogP contribution in [0.25, 0.3) is 0 Å². The molecule has 18 heavy (non-hydrogen) atoms. The maximum atomic E-state index is 11.3. The molecule has 0 saturated carbocycles. The van der Waals surface area contributed by atoms with Crippen LogP contribution in [0.5, 0.6) is 0 Å². The highest BCUT2D eigenvalue weighted by atomic mass is 35.5. The van der Waals surface area contributed by atoms with Crippen LogP contribution in [0.15, 0.2) is 12.1 Å². The summed E-state index contributed by atoms with van der Waals surface area (Å²) >= 11 is 11.7. The molecule has 2 rings (SSSR count). The van der Waals surface area contributed by atoms with E-state index < -0.39 is 9.84 Å². The SMILES string of the molecule is Nc1cc(Cl)c(Cl)cc1NCC1CCS(=O)(=O)C1. The molecule has 1 fully saturated rings. The molecule has 1 aromatic rings. The normalized spacial score (nSPS) is 22.0. The van der Waals surface area contributed by atoms with Gasteiger partial charge in [-0.2, -0.15) is 0 Å². The Hall–Kier alpha value is -0.650. The van der Waals surface area contributed by atoms with Crippen LogP contribution in [0.1, 0.15) is 6.42 Å². The molecule has 0 radical (unpaired) electrons. The number of nitrogen functional groups attached to an aromatic ring is 1. The minimum Gasteiger partial charge on any atom is -0.397 e. The number of benzene rings is 1. The van der Waals surface area contributed by atoms with E-state index in [0.717, 1.165) is 0 Å². The zero-order valence-corrected chi connectivity index (χ0v) is 11.9. The molecule has 1 unspecified atom stereocenters. The molecule has 3 N–H and O–H groups in total. The van der Waals surface area contributed by atoms with E-state index in [9.17, 15) is 8.42 Å². The molecule has 1 aliphatic heterocycles. The molecule has 0 aliphatic carbocycles. The lowest BCUT2D eigenvalue weighted by Gasteiger charge is -2.13. The van der Waals surface area contributed by atoms with Crippen LogP contribution in [0.2, 0.25) is 10.0 Å². The van der Waals surface area contributed by atoms with Gasteiger partial charge in [0.15, 0.2) is 9.84 Å². The van der Waals surface area contributed by atoms with Crippen molar-refractivity contribution in [2.24, 2.45) is 5.92 Å². The second kappa shape index (κ2) is 5.15. The molecule has 0 aromatic heterocycles. The van der Waals surface area contributed by atoms with Gasteiger partial charge < -0.3 is 11.1 Å². The van der Waals surface area contributed by atoms with Gasteiger partial charge in [0.25, 0.3) is 0 Å². The number of halogens is 2. The molecular weight excluding hydrogens is 295 g/mol. The van der Waals surface area contributed by atoms with E-state index >= 15 is 0 Å². The highest BCUT2D eigenvalue weighted by Gasteiger charge is 2.27. The topological polar surface area (TPSA) is 72.2 Å². The lowest BCUT2D eigenvalue weighted by atomic mass is 10.1. The maximum absolute atomic E-state index is 11.3. The lowest BCUT2D eigenvalue weighted by Crippen LogP contribution is -2.16. The van der Waals surface area contributed by atoms with Gasteiger partial charge in [-0.1, -0.05) is 23.2 Å². The molecule has 4 nitrogen and oxygen atoms in total. The van der Waals surface area contributed by atoms with Crippen LogP contribution in [0, 0.1) is 5.92 Å². The molecule has 0 bridgehead atoms. The molecule has 1 atom stereocenters. The zero-order chi connectivity index (χ0) is 13.3. The zero-order valence-electron chi connectivity index (χ0n) is 9.62. The first kappa shape index (κ1) is 13.8. The van der Waals surface area contributed by atoms with E-state index in [1.165, 1.54) is 0 Å². The van der Waals surface area contributed by atoms with E-state index in [1.54, 1.807) is 12.1 Å². The van der Waals surface area contributed by atoms with Crippen LogP contribution < -0.4 is 11.1 Å². The predicted molar refractivity (Wildman–Crippen MR) is 76.1 cm³/mol. The van der Waals surface area contributed by atoms with Crippen molar-refractivity contribution in [3.63, 3.8) is 0 Å². The summed E-state index contributed by atoms with van der Waals surface area (Å²) in [6.45, 7) is 0.571. The van der Waals surface area contributed by atoms with Gasteiger partial charge in [0.2, 0.25) is 0 Å². The number of rotatable bonds is 3. The van der Waals surface area contributed by atoms with Crippen molar-refractivity contribution in [1.29, 1.82) is 0 Å². The van der Waals surface area contributed by atoms with E-state index in [4.69, 9.17) is 28.9 Å². The minimum absolute atomic E-state index is 0.129. The Balaban J connectivity index is 2.01. The Morgan fingerprint density at radius 2 is 2.00 bits per heavy atom. The van der Waals surface area contributed by atoms with Gasteiger partial charge in [0, 0.05) is 6.54 Å². The smallest absolute Gasteiger partial charge is 0.150 e. The number of sulfone groups is 1. The highest BCUT2D eigenvalue weighted by Crippen LogP contribution is 2.31. The van der Waals surface area contributed by atoms with Gasteiger partial charge in [-0.25, -0.2) is 8.42 Å². The molecule has 0 spiro atoms. The lowest BCUT2D eigenvalue weighted by molar-refractivity contribution is 0.596. The first-order chi connectivity index (χ1) is 8.37. The summed E-state index contributed by atoms with van der Waals surface area (Å²) < 4.78 is 22.7. The number of hydrogen-bond acceptors (Lipinski definition) is 4. The molecular formula is C11H14Cl2N2O2S. The summed E-state index contributed by atoms with van der Waals surface area (Å²) in [4.78, 5) is 0. The largest absolute Gasteiger partial charge is 0.397 e. The van der Waals surface area contributed by atoms with E-state index in [2.05, 4.69) is 5.32 Å². The van der Waals surface area contributed by atoms with Crippen molar-refractivity contribution in [3.8, 4) is 0 Å². The number of nitrogens with one attached hydrogen (secondary N) is 1. The van der Waals surface area contributed by atoms with Gasteiger partial charge >= 0.3 is 0 Å². The Kier molecular flexibility index (Phi) is 3.94. The van der Waals surface area contributed by atoms with E-state index in [-0.39, 0.29) is 17.4 Å². The summed E-state index contributed by atoms with van der Waals surface area (Å²) in [6.07, 6.45) is 0.691. The number of nitrogens with two attached hydrogens (primary N) is 1. The van der Waals surface area contributed by atoms with Crippen molar-refractivity contribution < 1.29 is 8.42 Å². The van der Waals surface area contributed by atoms with E-state index in [1.807, 2.05) is 0 Å². The van der Waals surface area contributed by atoms with Crippen LogP contribution >= 0.6 is 23.2 Å². The van der Waals surface area contributed by atoms with Crippen LogP contribution in [0.3, 0.4) is 0 Å². The van der Waals surface area contributed by atoms with Crippen LogP contribution in [-0.4, -0.2) is 26.5 Å². The molecule has 7 heteroatoms. The molecule has 1 aliphatic rings. The van der Waals surface area contributed by atoms with Crippen molar-refractivity contribution in [2.75, 3.05) is 29.1 Å². The fourth-order valence-corrected chi connectivity index (χ4v) is 4.20. The predicted octanol–water partition coefficient (Wildman–Crippen LogP) is 2.42. The Morgan fingerprint density at radius 1 is 1.33 bits per heavy atom. The van der Waals surface area contributed by atoms with Crippen molar-refractivity contribution in [1.82, 2.24) is 0 Å². The maximum Gasteiger partial charge on any atom is 0.150 e. The summed E-state index contributed by atoms with van der Waals surface area (Å²) in [7, 11) is -2.84. The standard InChI is InChI=1S/C11H14Cl2N2O2S/c12-8-3-10(14)11(4-9(8)13)15-5-7-1-2-18(16,17)6-7/h3-4,7,15H,1-2,5-6,14H2. The van der Waals surface area contributed by atoms with Gasteiger partial charge in [0.1, 0.15) is 0 Å². The van der Waals surface area contributed by atoms with Crippen LogP contribution in [0.4, 0.5) is 11.4 Å². The number of anilines is 2. The Bertz CT molecular complexity index is 560. The molecule has 0 amide bonds. The average molecular weight is 309 g/mol. The third-order valence-corrected chi connectivity index (χ3v) is 5.56. The van der Waals surface area contributed by atoms with Gasteiger partial charge in [0.05, 0.1) is 32.9 Å². The second-order valence-corrected chi connectivity index (χ2v) is 7.55. The number of hydrogen-bond donors (Lipinski definition) is 2. The summed E-state index contributed by atoms with van der Waals surface area (Å²) in [6, 6.07) is 3.24. The fourth-order valence-electron chi connectivity index (χ4n) is 2.00. The van der Waals surface area contributed by atoms with Gasteiger partial charge in [-0.3, -0.25) is 0 Å². The highest BCUT2D eigenvalue weighted by molar-refractivity contribution is 7.91. The molecule has 100 valence electrons. The first-order valence-corrected chi connectivity index (χ1v) is 8.14. The van der Waals surface area contributed by atoms with Crippen LogP contribution in [-0.2, 0) is 9.84 Å². The van der Waals surface area contributed by atoms with E-state index in [0.29, 0.717) is 34.4 Å². The quantitative estimate of drug-likeness (QED) is 0.841. The molecule has 1 aromatic carbocycles. The summed E-state index contributed by atoms with van der Waals surface area (Å²) in [5, 5.41) is 3.96. The average Bonchev–Trinajstić information content (AvgIpc) is 2.62. The minimum atomic E-state index is -2.84. The molecule has 1 saturated heterocycles. The molecule has 1 heterocycles. The summed E-state index contributed by atoms with van der Waals surface area (Å²) in [5.41, 5.74) is 7.00. The monoisotopic (exact) mass is 308 g/mol. The first-order valence-electron chi connectivity index (χ1n) is 5.56. The van der Waals surface area contributed by atoms with Crippen molar-refractivity contribution in [3.05, 3.63) is 22.2 Å². The van der Waals surface area contributed by atoms with Gasteiger partial charge in [-0.05, 0) is 24.5 Å². The third-order valence-electron chi connectivity index (χ3n) is 3.00. The second-order valence-electron chi connectivity index (χ2n) is 4.50. The van der Waals surface area contributed by atoms with Crippen molar-refractivity contribution >= 4 is 44.4 Å². The third kappa shape index (κ3) is 3.22. The summed E-state index contributed by atoms with van der Waals surface area (Å²) in [5.74, 6) is 0.640. The Labute approximate surface area is 116 Å².